The molecule has 0 spiro atoms. The van der Waals surface area contributed by atoms with Gasteiger partial charge in [-0.1, -0.05) is 11.2 Å². The third kappa shape index (κ3) is 3.19. The topological polar surface area (TPSA) is 80.0 Å². The van der Waals surface area contributed by atoms with Gasteiger partial charge in [-0.15, -0.1) is 11.3 Å². The summed E-state index contributed by atoms with van der Waals surface area (Å²) in [5.41, 5.74) is -0.122. The molecule has 2 N–H and O–H groups in total. The fourth-order valence-corrected chi connectivity index (χ4v) is 2.62. The lowest BCUT2D eigenvalue weighted by Gasteiger charge is -2.08. The zero-order chi connectivity index (χ0) is 16.4. The SMILES string of the molecule is Cc1noc(-c2sccc2NC(=O)Nc2c(F)cccc2F)n1. The Labute approximate surface area is 133 Å². The van der Waals surface area contributed by atoms with Crippen molar-refractivity contribution in [2.45, 2.75) is 6.92 Å². The fraction of sp³-hybridized carbons (Fsp3) is 0.0714. The number of anilines is 2. The molecule has 0 saturated carbocycles. The predicted octanol–water partition coefficient (Wildman–Crippen LogP) is 4.03. The molecule has 0 radical (unpaired) electrons. The molecule has 2 aromatic heterocycles. The maximum absolute atomic E-state index is 13.5. The smallest absolute Gasteiger partial charge is 0.323 e. The van der Waals surface area contributed by atoms with Crippen LogP contribution in [0.5, 0.6) is 0 Å². The monoisotopic (exact) mass is 336 g/mol. The van der Waals surface area contributed by atoms with Crippen molar-refractivity contribution in [3.63, 3.8) is 0 Å². The number of benzene rings is 1. The highest BCUT2D eigenvalue weighted by Gasteiger charge is 2.17. The maximum atomic E-state index is 13.5. The van der Waals surface area contributed by atoms with E-state index in [9.17, 15) is 13.6 Å². The average molecular weight is 336 g/mol. The number of amides is 2. The molecule has 0 saturated heterocycles. The molecule has 0 aliphatic heterocycles. The molecule has 0 bridgehead atoms. The molecule has 0 unspecified atom stereocenters. The summed E-state index contributed by atoms with van der Waals surface area (Å²) < 4.78 is 32.1. The second-order valence-corrected chi connectivity index (χ2v) is 5.40. The number of aryl methyl sites for hydroxylation is 1. The molecule has 3 rings (SSSR count). The van der Waals surface area contributed by atoms with E-state index < -0.39 is 23.4 Å². The largest absolute Gasteiger partial charge is 0.333 e. The molecule has 3 aromatic rings. The summed E-state index contributed by atoms with van der Waals surface area (Å²) in [4.78, 5) is 16.6. The summed E-state index contributed by atoms with van der Waals surface area (Å²) in [5.74, 6) is -1.02. The van der Waals surface area contributed by atoms with E-state index in [0.717, 1.165) is 12.1 Å². The van der Waals surface area contributed by atoms with Crippen LogP contribution in [0, 0.1) is 18.6 Å². The standard InChI is InChI=1S/C14H10F2N4O2S/c1-7-17-13(22-20-7)12-10(5-6-23-12)18-14(21)19-11-8(15)3-2-4-9(11)16/h2-6H,1H3,(H2,18,19,21). The minimum atomic E-state index is -0.863. The highest BCUT2D eigenvalue weighted by Crippen LogP contribution is 2.32. The first-order chi connectivity index (χ1) is 11.0. The van der Waals surface area contributed by atoms with Gasteiger partial charge < -0.3 is 15.2 Å². The van der Waals surface area contributed by atoms with Crippen molar-refractivity contribution in [3.05, 3.63) is 47.1 Å². The van der Waals surface area contributed by atoms with Crippen LogP contribution in [0.2, 0.25) is 0 Å². The van der Waals surface area contributed by atoms with Gasteiger partial charge in [0.25, 0.3) is 5.89 Å². The van der Waals surface area contributed by atoms with Gasteiger partial charge in [-0.2, -0.15) is 4.98 Å². The summed E-state index contributed by atoms with van der Waals surface area (Å²) in [5, 5.41) is 10.0. The summed E-state index contributed by atoms with van der Waals surface area (Å²) in [6, 6.07) is 4.15. The van der Waals surface area contributed by atoms with Crippen molar-refractivity contribution in [2.75, 3.05) is 10.6 Å². The molecule has 118 valence electrons. The molecule has 2 heterocycles. The number of nitrogens with one attached hydrogen (secondary N) is 2. The number of para-hydroxylation sites is 1. The van der Waals surface area contributed by atoms with Crippen LogP contribution in [0.3, 0.4) is 0 Å². The minimum absolute atomic E-state index is 0.255. The number of thiophene rings is 1. The van der Waals surface area contributed by atoms with Gasteiger partial charge >= 0.3 is 6.03 Å². The lowest BCUT2D eigenvalue weighted by Crippen LogP contribution is -2.21. The number of carbonyl (C=O) groups is 1. The van der Waals surface area contributed by atoms with E-state index in [2.05, 4.69) is 20.8 Å². The Kier molecular flexibility index (Phi) is 4.02. The number of aromatic nitrogens is 2. The highest BCUT2D eigenvalue weighted by molar-refractivity contribution is 7.14. The van der Waals surface area contributed by atoms with Crippen molar-refractivity contribution in [3.8, 4) is 10.8 Å². The van der Waals surface area contributed by atoms with E-state index in [0.29, 0.717) is 16.4 Å². The number of halogens is 2. The van der Waals surface area contributed by atoms with Crippen LogP contribution in [0.4, 0.5) is 25.0 Å². The number of urea groups is 1. The van der Waals surface area contributed by atoms with Crippen molar-refractivity contribution in [2.24, 2.45) is 0 Å². The van der Waals surface area contributed by atoms with Crippen LogP contribution in [0.25, 0.3) is 10.8 Å². The van der Waals surface area contributed by atoms with Gasteiger partial charge in [0, 0.05) is 0 Å². The van der Waals surface area contributed by atoms with Crippen LogP contribution in [0.1, 0.15) is 5.82 Å². The fourth-order valence-electron chi connectivity index (χ4n) is 1.85. The molecule has 0 aliphatic carbocycles. The molecular formula is C14H10F2N4O2S. The molecule has 0 atom stereocenters. The van der Waals surface area contributed by atoms with Gasteiger partial charge in [0.1, 0.15) is 22.2 Å². The number of hydrogen-bond donors (Lipinski definition) is 2. The minimum Gasteiger partial charge on any atom is -0.333 e. The summed E-state index contributed by atoms with van der Waals surface area (Å²) >= 11 is 1.28. The van der Waals surface area contributed by atoms with E-state index >= 15 is 0 Å². The lowest BCUT2D eigenvalue weighted by atomic mass is 10.3. The van der Waals surface area contributed by atoms with E-state index in [1.165, 1.54) is 17.4 Å². The Morgan fingerprint density at radius 3 is 2.61 bits per heavy atom. The summed E-state index contributed by atoms with van der Waals surface area (Å²) in [6.45, 7) is 1.67. The third-order valence-electron chi connectivity index (χ3n) is 2.84. The first-order valence-electron chi connectivity index (χ1n) is 6.45. The van der Waals surface area contributed by atoms with E-state index in [1.807, 2.05) is 0 Å². The number of carbonyl (C=O) groups excluding carboxylic acids is 1. The number of hydrogen-bond acceptors (Lipinski definition) is 5. The van der Waals surface area contributed by atoms with Gasteiger partial charge in [-0.3, -0.25) is 0 Å². The zero-order valence-electron chi connectivity index (χ0n) is 11.8. The Balaban J connectivity index is 1.78. The molecule has 2 amide bonds. The first kappa shape index (κ1) is 15.1. The van der Waals surface area contributed by atoms with Crippen LogP contribution in [-0.4, -0.2) is 16.2 Å². The predicted molar refractivity (Wildman–Crippen MR) is 81.3 cm³/mol. The molecule has 1 aromatic carbocycles. The van der Waals surface area contributed by atoms with Gasteiger partial charge in [0.15, 0.2) is 5.82 Å². The van der Waals surface area contributed by atoms with Crippen LogP contribution in [0.15, 0.2) is 34.2 Å². The molecule has 6 nitrogen and oxygen atoms in total. The molecule has 23 heavy (non-hydrogen) atoms. The van der Waals surface area contributed by atoms with Crippen LogP contribution in [-0.2, 0) is 0 Å². The summed E-state index contributed by atoms with van der Waals surface area (Å²) in [6.07, 6.45) is 0. The highest BCUT2D eigenvalue weighted by atomic mass is 32.1. The molecule has 9 heteroatoms. The Morgan fingerprint density at radius 2 is 1.96 bits per heavy atom. The number of nitrogens with zero attached hydrogens (tertiary/aromatic N) is 2. The first-order valence-corrected chi connectivity index (χ1v) is 7.33. The quantitative estimate of drug-likeness (QED) is 0.757. The lowest BCUT2D eigenvalue weighted by molar-refractivity contribution is 0.262. The Morgan fingerprint density at radius 1 is 1.22 bits per heavy atom. The van der Waals surface area contributed by atoms with Gasteiger partial charge in [0.2, 0.25) is 0 Å². The van der Waals surface area contributed by atoms with Crippen molar-refractivity contribution in [1.29, 1.82) is 0 Å². The van der Waals surface area contributed by atoms with Gasteiger partial charge in [0.05, 0.1) is 5.69 Å². The van der Waals surface area contributed by atoms with Crippen molar-refractivity contribution in [1.82, 2.24) is 10.1 Å². The van der Waals surface area contributed by atoms with Gasteiger partial charge in [-0.25, -0.2) is 13.6 Å². The third-order valence-corrected chi connectivity index (χ3v) is 3.74. The van der Waals surface area contributed by atoms with Crippen molar-refractivity contribution < 1.29 is 18.1 Å². The van der Waals surface area contributed by atoms with E-state index in [1.54, 1.807) is 18.4 Å². The molecular weight excluding hydrogens is 326 g/mol. The normalized spacial score (nSPS) is 10.6. The summed E-state index contributed by atoms with van der Waals surface area (Å²) in [7, 11) is 0. The second-order valence-electron chi connectivity index (χ2n) is 4.49. The van der Waals surface area contributed by atoms with Gasteiger partial charge in [-0.05, 0) is 30.5 Å². The molecule has 0 aliphatic rings. The Hall–Kier alpha value is -2.81. The second kappa shape index (κ2) is 6.13. The average Bonchev–Trinajstić information content (AvgIpc) is 3.12. The Bertz CT molecular complexity index is 842. The van der Waals surface area contributed by atoms with Crippen LogP contribution < -0.4 is 10.6 Å². The number of rotatable bonds is 3. The van der Waals surface area contributed by atoms with Crippen molar-refractivity contribution >= 4 is 28.7 Å². The van der Waals surface area contributed by atoms with E-state index in [-0.39, 0.29) is 5.89 Å². The molecule has 0 fully saturated rings. The van der Waals surface area contributed by atoms with E-state index in [4.69, 9.17) is 4.52 Å². The maximum Gasteiger partial charge on any atom is 0.323 e. The zero-order valence-corrected chi connectivity index (χ0v) is 12.6. The van der Waals surface area contributed by atoms with Crippen LogP contribution >= 0.6 is 11.3 Å².